The van der Waals surface area contributed by atoms with Crippen LogP contribution < -0.4 is 15.8 Å². The van der Waals surface area contributed by atoms with Gasteiger partial charge >= 0.3 is 6.18 Å². The molecule has 8 heteroatoms. The first-order chi connectivity index (χ1) is 13.3. The Balaban J connectivity index is 1.70. The van der Waals surface area contributed by atoms with Crippen molar-refractivity contribution in [3.8, 4) is 5.75 Å². The van der Waals surface area contributed by atoms with Crippen LogP contribution in [0.2, 0.25) is 0 Å². The van der Waals surface area contributed by atoms with E-state index in [0.717, 1.165) is 30.7 Å². The second-order valence-corrected chi connectivity index (χ2v) is 6.98. The van der Waals surface area contributed by atoms with E-state index >= 15 is 0 Å². The zero-order valence-electron chi connectivity index (χ0n) is 15.4. The maximum absolute atomic E-state index is 12.8. The zero-order valence-corrected chi connectivity index (χ0v) is 15.4. The Morgan fingerprint density at radius 1 is 1.32 bits per heavy atom. The van der Waals surface area contributed by atoms with Gasteiger partial charge in [-0.1, -0.05) is 12.1 Å². The molecule has 0 saturated heterocycles. The topological polar surface area (TPSA) is 77.2 Å². The normalized spacial score (nSPS) is 16.3. The molecular weight excluding hydrogens is 371 g/mol. The van der Waals surface area contributed by atoms with Gasteiger partial charge in [-0.2, -0.15) is 13.2 Å². The van der Waals surface area contributed by atoms with E-state index in [-0.39, 0.29) is 30.0 Å². The van der Waals surface area contributed by atoms with Crippen molar-refractivity contribution in [2.24, 2.45) is 17.6 Å². The fourth-order valence-corrected chi connectivity index (χ4v) is 3.30. The number of hydrogen-bond acceptors (Lipinski definition) is 4. The van der Waals surface area contributed by atoms with E-state index in [1.165, 1.54) is 6.07 Å². The summed E-state index contributed by atoms with van der Waals surface area (Å²) in [5.41, 5.74) is 6.32. The minimum Gasteiger partial charge on any atom is -0.497 e. The summed E-state index contributed by atoms with van der Waals surface area (Å²) in [5.74, 6) is 0.546. The molecule has 0 bridgehead atoms. The van der Waals surface area contributed by atoms with Crippen LogP contribution in [-0.2, 0) is 11.0 Å². The molecule has 0 aliphatic heterocycles. The number of methoxy groups -OCH3 is 1. The van der Waals surface area contributed by atoms with E-state index in [4.69, 9.17) is 10.5 Å². The van der Waals surface area contributed by atoms with Crippen LogP contribution in [0.4, 0.5) is 18.9 Å². The third-order valence-corrected chi connectivity index (χ3v) is 4.92. The van der Waals surface area contributed by atoms with Gasteiger partial charge in [-0.3, -0.25) is 9.78 Å². The van der Waals surface area contributed by atoms with Crippen molar-refractivity contribution in [2.45, 2.75) is 31.5 Å². The van der Waals surface area contributed by atoms with Crippen LogP contribution in [0.15, 0.2) is 42.6 Å². The average Bonchev–Trinajstić information content (AvgIpc) is 3.50. The molecule has 2 aromatic rings. The highest BCUT2D eigenvalue weighted by Gasteiger charge is 2.37. The molecule has 3 rings (SSSR count). The van der Waals surface area contributed by atoms with Gasteiger partial charge in [-0.05, 0) is 54.5 Å². The molecule has 3 N–H and O–H groups in total. The van der Waals surface area contributed by atoms with E-state index in [1.54, 1.807) is 7.11 Å². The zero-order chi connectivity index (χ0) is 20.3. The van der Waals surface area contributed by atoms with Crippen LogP contribution in [0, 0.1) is 11.8 Å². The van der Waals surface area contributed by atoms with Gasteiger partial charge < -0.3 is 15.8 Å². The Morgan fingerprint density at radius 3 is 2.71 bits per heavy atom. The molecule has 0 spiro atoms. The molecule has 28 heavy (non-hydrogen) atoms. The number of hydrogen-bond donors (Lipinski definition) is 2. The molecule has 150 valence electrons. The summed E-state index contributed by atoms with van der Waals surface area (Å²) in [7, 11) is 1.57. The number of nitrogens with zero attached hydrogens (tertiary/aromatic N) is 1. The van der Waals surface area contributed by atoms with Crippen molar-refractivity contribution in [3.63, 3.8) is 0 Å². The Hall–Kier alpha value is -2.61. The molecule has 1 aliphatic carbocycles. The fraction of sp³-hybridized carbons (Fsp3) is 0.400. The van der Waals surface area contributed by atoms with Crippen LogP contribution in [-0.4, -0.2) is 18.0 Å². The molecule has 5 nitrogen and oxygen atoms in total. The lowest BCUT2D eigenvalue weighted by molar-refractivity contribution is -0.141. The maximum Gasteiger partial charge on any atom is 0.433 e. The number of ether oxygens (including phenoxy) is 1. The minimum absolute atomic E-state index is 0.0665. The van der Waals surface area contributed by atoms with Gasteiger partial charge in [0, 0.05) is 24.3 Å². The number of nitrogens with two attached hydrogens (primary N) is 1. The van der Waals surface area contributed by atoms with E-state index in [0.29, 0.717) is 11.7 Å². The van der Waals surface area contributed by atoms with E-state index in [9.17, 15) is 18.0 Å². The smallest absolute Gasteiger partial charge is 0.433 e. The van der Waals surface area contributed by atoms with Gasteiger partial charge in [-0.15, -0.1) is 0 Å². The number of amides is 1. The molecule has 1 fully saturated rings. The number of aromatic nitrogens is 1. The van der Waals surface area contributed by atoms with Gasteiger partial charge in [0.2, 0.25) is 5.91 Å². The predicted octanol–water partition coefficient (Wildman–Crippen LogP) is 4.16. The van der Waals surface area contributed by atoms with Crippen molar-refractivity contribution in [1.82, 2.24) is 4.98 Å². The molecule has 2 atom stereocenters. The highest BCUT2D eigenvalue weighted by molar-refractivity contribution is 5.91. The lowest BCUT2D eigenvalue weighted by atomic mass is 9.86. The van der Waals surface area contributed by atoms with Crippen molar-refractivity contribution < 1.29 is 22.7 Å². The van der Waals surface area contributed by atoms with Gasteiger partial charge in [0.05, 0.1) is 7.11 Å². The van der Waals surface area contributed by atoms with Crippen LogP contribution in [0.25, 0.3) is 0 Å². The Kier molecular flexibility index (Phi) is 5.88. The molecule has 2 unspecified atom stereocenters. The lowest BCUT2D eigenvalue weighted by Crippen LogP contribution is -2.28. The van der Waals surface area contributed by atoms with E-state index in [2.05, 4.69) is 10.3 Å². The Bertz CT molecular complexity index is 837. The second-order valence-electron chi connectivity index (χ2n) is 6.98. The summed E-state index contributed by atoms with van der Waals surface area (Å²) in [6, 6.07) is 9.18. The largest absolute Gasteiger partial charge is 0.497 e. The van der Waals surface area contributed by atoms with Crippen LogP contribution >= 0.6 is 0 Å². The van der Waals surface area contributed by atoms with E-state index in [1.807, 2.05) is 24.3 Å². The summed E-state index contributed by atoms with van der Waals surface area (Å²) >= 11 is 0. The van der Waals surface area contributed by atoms with Crippen molar-refractivity contribution >= 4 is 11.6 Å². The fourth-order valence-electron chi connectivity index (χ4n) is 3.30. The molecular formula is C20H22F3N3O2. The van der Waals surface area contributed by atoms with Crippen molar-refractivity contribution in [3.05, 3.63) is 53.9 Å². The third kappa shape index (κ3) is 5.01. The number of carbonyl (C=O) groups is 1. The summed E-state index contributed by atoms with van der Waals surface area (Å²) in [5, 5.41) is 2.54. The lowest BCUT2D eigenvalue weighted by Gasteiger charge is -2.24. The Morgan fingerprint density at radius 2 is 2.07 bits per heavy atom. The van der Waals surface area contributed by atoms with Gasteiger partial charge in [0.1, 0.15) is 11.4 Å². The van der Waals surface area contributed by atoms with Crippen molar-refractivity contribution in [2.75, 3.05) is 12.4 Å². The predicted molar refractivity (Wildman–Crippen MR) is 98.6 cm³/mol. The van der Waals surface area contributed by atoms with Crippen molar-refractivity contribution in [1.29, 1.82) is 0 Å². The highest BCUT2D eigenvalue weighted by atomic mass is 19.4. The van der Waals surface area contributed by atoms with Crippen LogP contribution in [0.5, 0.6) is 5.75 Å². The molecule has 1 saturated carbocycles. The third-order valence-electron chi connectivity index (χ3n) is 4.92. The SMILES string of the molecule is COc1cccc(C(N)C(CC(=O)Nc2ccnc(C(F)(F)F)c2)C2CC2)c1. The molecule has 0 radical (unpaired) electrons. The van der Waals surface area contributed by atoms with Gasteiger partial charge in [0.25, 0.3) is 0 Å². The van der Waals surface area contributed by atoms with E-state index < -0.39 is 11.9 Å². The molecule has 1 aromatic heterocycles. The first-order valence-electron chi connectivity index (χ1n) is 9.00. The maximum atomic E-state index is 12.8. The van der Waals surface area contributed by atoms with Gasteiger partial charge in [0.15, 0.2) is 0 Å². The molecule has 1 aromatic carbocycles. The summed E-state index contributed by atoms with van der Waals surface area (Å²) in [6.07, 6.45) is -1.43. The quantitative estimate of drug-likeness (QED) is 0.740. The number of halogens is 3. The standard InChI is InChI=1S/C20H22F3N3O2/c1-28-15-4-2-3-13(9-15)19(24)16(12-5-6-12)11-18(27)26-14-7-8-25-17(10-14)20(21,22)23/h2-4,7-10,12,16,19H,5-6,11,24H2,1H3,(H,25,26,27). The van der Waals surface area contributed by atoms with Crippen LogP contribution in [0.3, 0.4) is 0 Å². The number of nitrogens with one attached hydrogen (secondary N) is 1. The molecule has 1 amide bonds. The first-order valence-corrected chi connectivity index (χ1v) is 9.00. The molecule has 1 aliphatic rings. The number of pyridine rings is 1. The summed E-state index contributed by atoms with van der Waals surface area (Å²) in [4.78, 5) is 15.8. The summed E-state index contributed by atoms with van der Waals surface area (Å²) in [6.45, 7) is 0. The minimum atomic E-state index is -4.56. The number of anilines is 1. The summed E-state index contributed by atoms with van der Waals surface area (Å²) < 4.78 is 43.6. The number of alkyl halides is 3. The Labute approximate surface area is 161 Å². The molecule has 1 heterocycles. The number of benzene rings is 1. The monoisotopic (exact) mass is 393 g/mol. The van der Waals surface area contributed by atoms with Gasteiger partial charge in [-0.25, -0.2) is 0 Å². The highest BCUT2D eigenvalue weighted by Crippen LogP contribution is 2.44. The number of carbonyl (C=O) groups excluding carboxylic acids is 1. The second kappa shape index (κ2) is 8.18. The average molecular weight is 393 g/mol. The number of rotatable bonds is 7. The van der Waals surface area contributed by atoms with Crippen LogP contribution in [0.1, 0.15) is 36.6 Å². The first kappa shape index (κ1) is 20.1.